The summed E-state index contributed by atoms with van der Waals surface area (Å²) in [6, 6.07) is 4.18. The van der Waals surface area contributed by atoms with Crippen molar-refractivity contribution in [3.63, 3.8) is 0 Å². The fraction of sp³-hybridized carbons (Fsp3) is 0.545. The van der Waals surface area contributed by atoms with E-state index < -0.39 is 0 Å². The van der Waals surface area contributed by atoms with Crippen molar-refractivity contribution in [1.29, 1.82) is 0 Å². The highest BCUT2D eigenvalue weighted by Gasteiger charge is 2.26. The molecule has 4 nitrogen and oxygen atoms in total. The SMILES string of the molecule is COC[C@H]1CCCN1c1ncccc1N. The Labute approximate surface area is 90.0 Å². The van der Waals surface area contributed by atoms with Crippen LogP contribution in [-0.4, -0.2) is 31.3 Å². The van der Waals surface area contributed by atoms with E-state index in [2.05, 4.69) is 9.88 Å². The number of nitrogen functional groups attached to an aromatic ring is 1. The van der Waals surface area contributed by atoms with Gasteiger partial charge < -0.3 is 15.4 Å². The number of hydrogen-bond donors (Lipinski definition) is 1. The maximum Gasteiger partial charge on any atom is 0.152 e. The molecule has 0 aliphatic carbocycles. The highest BCUT2D eigenvalue weighted by atomic mass is 16.5. The number of hydrogen-bond acceptors (Lipinski definition) is 4. The summed E-state index contributed by atoms with van der Waals surface area (Å²) in [5, 5.41) is 0. The summed E-state index contributed by atoms with van der Waals surface area (Å²) in [6.07, 6.45) is 4.13. The van der Waals surface area contributed by atoms with Crippen molar-refractivity contribution in [2.45, 2.75) is 18.9 Å². The van der Waals surface area contributed by atoms with Crippen molar-refractivity contribution in [2.24, 2.45) is 0 Å². The lowest BCUT2D eigenvalue weighted by molar-refractivity contribution is 0.180. The summed E-state index contributed by atoms with van der Waals surface area (Å²) in [6.45, 7) is 1.77. The van der Waals surface area contributed by atoms with Crippen LogP contribution in [0.1, 0.15) is 12.8 Å². The van der Waals surface area contributed by atoms with Crippen molar-refractivity contribution in [3.05, 3.63) is 18.3 Å². The van der Waals surface area contributed by atoms with Crippen LogP contribution >= 0.6 is 0 Å². The number of methoxy groups -OCH3 is 1. The van der Waals surface area contributed by atoms with E-state index in [4.69, 9.17) is 10.5 Å². The summed E-state index contributed by atoms with van der Waals surface area (Å²) < 4.78 is 5.21. The zero-order valence-electron chi connectivity index (χ0n) is 9.02. The van der Waals surface area contributed by atoms with Gasteiger partial charge in [-0.05, 0) is 25.0 Å². The van der Waals surface area contributed by atoms with E-state index >= 15 is 0 Å². The monoisotopic (exact) mass is 207 g/mol. The quantitative estimate of drug-likeness (QED) is 0.811. The molecular formula is C11H17N3O. The lowest BCUT2D eigenvalue weighted by atomic mass is 10.2. The first kappa shape index (κ1) is 10.2. The van der Waals surface area contributed by atoms with Gasteiger partial charge in [0.1, 0.15) is 0 Å². The van der Waals surface area contributed by atoms with Gasteiger partial charge in [0.15, 0.2) is 5.82 Å². The van der Waals surface area contributed by atoms with Crippen LogP contribution in [0, 0.1) is 0 Å². The van der Waals surface area contributed by atoms with E-state index in [1.165, 1.54) is 6.42 Å². The first-order chi connectivity index (χ1) is 7.33. The molecule has 1 saturated heterocycles. The molecule has 1 aliphatic rings. The Kier molecular flexibility index (Phi) is 3.06. The van der Waals surface area contributed by atoms with Gasteiger partial charge in [0, 0.05) is 19.9 Å². The molecule has 82 valence electrons. The first-order valence-electron chi connectivity index (χ1n) is 5.29. The molecule has 0 amide bonds. The normalized spacial score (nSPS) is 20.9. The van der Waals surface area contributed by atoms with Crippen molar-refractivity contribution in [2.75, 3.05) is 30.9 Å². The standard InChI is InChI=1S/C11H17N3O/c1-15-8-9-4-3-7-14(9)11-10(12)5-2-6-13-11/h2,5-6,9H,3-4,7-8,12H2,1H3/t9-/m1/s1. The molecule has 1 fully saturated rings. The highest BCUT2D eigenvalue weighted by molar-refractivity contribution is 5.63. The second-order valence-corrected chi connectivity index (χ2v) is 3.86. The van der Waals surface area contributed by atoms with E-state index in [1.807, 2.05) is 12.1 Å². The van der Waals surface area contributed by atoms with Gasteiger partial charge in [-0.25, -0.2) is 4.98 Å². The molecule has 0 aromatic carbocycles. The highest BCUT2D eigenvalue weighted by Crippen LogP contribution is 2.27. The van der Waals surface area contributed by atoms with Gasteiger partial charge in [-0.1, -0.05) is 0 Å². The topological polar surface area (TPSA) is 51.4 Å². The van der Waals surface area contributed by atoms with Crippen molar-refractivity contribution in [3.8, 4) is 0 Å². The van der Waals surface area contributed by atoms with E-state index in [1.54, 1.807) is 13.3 Å². The maximum absolute atomic E-state index is 5.91. The minimum atomic E-state index is 0.423. The second-order valence-electron chi connectivity index (χ2n) is 3.86. The summed E-state index contributed by atoms with van der Waals surface area (Å²) in [5.74, 6) is 0.900. The Morgan fingerprint density at radius 2 is 2.53 bits per heavy atom. The molecule has 0 saturated carbocycles. The van der Waals surface area contributed by atoms with Crippen LogP contribution in [0.15, 0.2) is 18.3 Å². The Bertz CT molecular complexity index is 329. The molecule has 1 aromatic rings. The number of nitrogens with two attached hydrogens (primary N) is 1. The minimum absolute atomic E-state index is 0.423. The van der Waals surface area contributed by atoms with E-state index in [0.29, 0.717) is 6.04 Å². The molecule has 1 aromatic heterocycles. The molecule has 1 atom stereocenters. The van der Waals surface area contributed by atoms with Gasteiger partial charge in [0.2, 0.25) is 0 Å². The lowest BCUT2D eigenvalue weighted by Crippen LogP contribution is -2.33. The zero-order valence-corrected chi connectivity index (χ0v) is 9.02. The van der Waals surface area contributed by atoms with Crippen LogP contribution in [0.2, 0.25) is 0 Å². The molecule has 1 aliphatic heterocycles. The molecule has 2 N–H and O–H groups in total. The third-order valence-electron chi connectivity index (χ3n) is 2.83. The third kappa shape index (κ3) is 2.04. The molecule has 0 bridgehead atoms. The van der Waals surface area contributed by atoms with Crippen LogP contribution in [0.25, 0.3) is 0 Å². The second kappa shape index (κ2) is 4.49. The number of ether oxygens (including phenoxy) is 1. The van der Waals surface area contributed by atoms with E-state index in [9.17, 15) is 0 Å². The lowest BCUT2D eigenvalue weighted by Gasteiger charge is -2.26. The van der Waals surface area contributed by atoms with E-state index in [0.717, 1.165) is 31.1 Å². The largest absolute Gasteiger partial charge is 0.396 e. The summed E-state index contributed by atoms with van der Waals surface area (Å²) in [5.41, 5.74) is 6.66. The zero-order chi connectivity index (χ0) is 10.7. The number of rotatable bonds is 3. The average molecular weight is 207 g/mol. The van der Waals surface area contributed by atoms with Gasteiger partial charge in [-0.15, -0.1) is 0 Å². The molecule has 2 heterocycles. The average Bonchev–Trinajstić information content (AvgIpc) is 2.67. The third-order valence-corrected chi connectivity index (χ3v) is 2.83. The molecule has 2 rings (SSSR count). The molecule has 0 spiro atoms. The minimum Gasteiger partial charge on any atom is -0.396 e. The molecule has 0 unspecified atom stereocenters. The predicted molar refractivity (Wildman–Crippen MR) is 60.9 cm³/mol. The number of aromatic nitrogens is 1. The molecule has 0 radical (unpaired) electrons. The fourth-order valence-electron chi connectivity index (χ4n) is 2.13. The first-order valence-corrected chi connectivity index (χ1v) is 5.29. The van der Waals surface area contributed by atoms with Crippen molar-refractivity contribution in [1.82, 2.24) is 4.98 Å². The van der Waals surface area contributed by atoms with Crippen LogP contribution in [0.5, 0.6) is 0 Å². The van der Waals surface area contributed by atoms with Crippen LogP contribution in [-0.2, 0) is 4.74 Å². The number of nitrogens with zero attached hydrogens (tertiary/aromatic N) is 2. The summed E-state index contributed by atoms with van der Waals surface area (Å²) in [7, 11) is 1.73. The van der Waals surface area contributed by atoms with Gasteiger partial charge in [0.05, 0.1) is 18.3 Å². The van der Waals surface area contributed by atoms with Crippen LogP contribution in [0.3, 0.4) is 0 Å². The molecule has 15 heavy (non-hydrogen) atoms. The number of anilines is 2. The van der Waals surface area contributed by atoms with Crippen LogP contribution in [0.4, 0.5) is 11.5 Å². The summed E-state index contributed by atoms with van der Waals surface area (Å²) >= 11 is 0. The van der Waals surface area contributed by atoms with Gasteiger partial charge in [-0.2, -0.15) is 0 Å². The fourth-order valence-corrected chi connectivity index (χ4v) is 2.13. The molecular weight excluding hydrogens is 190 g/mol. The molecule has 4 heteroatoms. The number of pyridine rings is 1. The Hall–Kier alpha value is -1.29. The Morgan fingerprint density at radius 3 is 3.27 bits per heavy atom. The van der Waals surface area contributed by atoms with Gasteiger partial charge >= 0.3 is 0 Å². The maximum atomic E-state index is 5.91. The Morgan fingerprint density at radius 1 is 1.67 bits per heavy atom. The van der Waals surface area contributed by atoms with Crippen LogP contribution < -0.4 is 10.6 Å². The smallest absolute Gasteiger partial charge is 0.152 e. The van der Waals surface area contributed by atoms with Gasteiger partial charge in [0.25, 0.3) is 0 Å². The van der Waals surface area contributed by atoms with Crippen molar-refractivity contribution < 1.29 is 4.74 Å². The summed E-state index contributed by atoms with van der Waals surface area (Å²) in [4.78, 5) is 6.59. The van der Waals surface area contributed by atoms with Crippen molar-refractivity contribution >= 4 is 11.5 Å². The Balaban J connectivity index is 2.19. The van der Waals surface area contributed by atoms with Gasteiger partial charge in [-0.3, -0.25) is 0 Å². The van der Waals surface area contributed by atoms with E-state index in [-0.39, 0.29) is 0 Å². The predicted octanol–water partition coefficient (Wildman–Crippen LogP) is 1.28.